The second-order valence-electron chi connectivity index (χ2n) is 4.81. The Labute approximate surface area is 110 Å². The summed E-state index contributed by atoms with van der Waals surface area (Å²) in [6.45, 7) is 2.98. The Bertz CT molecular complexity index is 584. The van der Waals surface area contributed by atoms with E-state index in [1.807, 2.05) is 25.1 Å². The molecule has 1 atom stereocenters. The first kappa shape index (κ1) is 11.8. The van der Waals surface area contributed by atoms with E-state index in [1.165, 1.54) is 17.8 Å². The van der Waals surface area contributed by atoms with E-state index in [-0.39, 0.29) is 11.8 Å². The fourth-order valence-electron chi connectivity index (χ4n) is 2.42. The largest absolute Gasteiger partial charge is 0.307 e. The Balaban J connectivity index is 1.94. The minimum atomic E-state index is -0.0281. The first-order valence-electron chi connectivity index (χ1n) is 6.39. The summed E-state index contributed by atoms with van der Waals surface area (Å²) >= 11 is 1.51. The lowest BCUT2D eigenvalue weighted by molar-refractivity contribution is 0.0927. The molecule has 94 valence electrons. The Morgan fingerprint density at radius 3 is 3.06 bits per heavy atom. The van der Waals surface area contributed by atoms with Crippen molar-refractivity contribution in [3.8, 4) is 0 Å². The van der Waals surface area contributed by atoms with Crippen molar-refractivity contribution in [1.82, 2.24) is 10.3 Å². The molecule has 3 nitrogen and oxygen atoms in total. The number of benzene rings is 1. The van der Waals surface area contributed by atoms with Gasteiger partial charge in [-0.05, 0) is 37.9 Å². The van der Waals surface area contributed by atoms with Crippen LogP contribution in [-0.4, -0.2) is 23.4 Å². The van der Waals surface area contributed by atoms with Crippen LogP contribution < -0.4 is 5.32 Å². The van der Waals surface area contributed by atoms with Gasteiger partial charge >= 0.3 is 0 Å². The minimum Gasteiger partial charge on any atom is -0.307 e. The van der Waals surface area contributed by atoms with Crippen molar-refractivity contribution in [2.75, 3.05) is 6.54 Å². The number of thiazole rings is 1. The number of carbonyl (C=O) groups excluding carboxylic acids is 1. The SMILES string of the molecule is Cc1cccc2sc(C(=O)C3CCCCN3)nc12. The second kappa shape index (κ2) is 4.78. The molecule has 3 rings (SSSR count). The van der Waals surface area contributed by atoms with Crippen LogP contribution in [0.1, 0.15) is 34.6 Å². The molecule has 4 heteroatoms. The number of carbonyl (C=O) groups is 1. The second-order valence-corrected chi connectivity index (χ2v) is 5.84. The first-order chi connectivity index (χ1) is 8.75. The van der Waals surface area contributed by atoms with Crippen molar-refractivity contribution in [1.29, 1.82) is 0 Å². The van der Waals surface area contributed by atoms with Gasteiger partial charge in [-0.25, -0.2) is 4.98 Å². The molecule has 0 radical (unpaired) electrons. The van der Waals surface area contributed by atoms with Gasteiger partial charge in [-0.1, -0.05) is 18.6 Å². The third-order valence-corrected chi connectivity index (χ3v) is 4.49. The summed E-state index contributed by atoms with van der Waals surface area (Å²) in [6, 6.07) is 6.06. The topological polar surface area (TPSA) is 42.0 Å². The van der Waals surface area contributed by atoms with E-state index in [4.69, 9.17) is 0 Å². The number of nitrogens with one attached hydrogen (secondary N) is 1. The van der Waals surface area contributed by atoms with E-state index >= 15 is 0 Å². The molecule has 1 aromatic carbocycles. The lowest BCUT2D eigenvalue weighted by atomic mass is 10.0. The molecule has 18 heavy (non-hydrogen) atoms. The summed E-state index contributed by atoms with van der Waals surface area (Å²) in [4.78, 5) is 16.9. The van der Waals surface area contributed by atoms with E-state index in [0.717, 1.165) is 35.2 Å². The predicted octanol–water partition coefficient (Wildman–Crippen LogP) is 2.93. The van der Waals surface area contributed by atoms with Crippen LogP contribution in [-0.2, 0) is 0 Å². The third kappa shape index (κ3) is 2.06. The summed E-state index contributed by atoms with van der Waals surface area (Å²) in [6.07, 6.45) is 3.24. The fourth-order valence-corrected chi connectivity index (χ4v) is 3.45. The molecule has 1 unspecified atom stereocenters. The smallest absolute Gasteiger partial charge is 0.208 e. The normalized spacial score (nSPS) is 20.2. The predicted molar refractivity (Wildman–Crippen MR) is 74.3 cm³/mol. The number of aromatic nitrogens is 1. The van der Waals surface area contributed by atoms with Crippen molar-refractivity contribution in [2.45, 2.75) is 32.2 Å². The molecule has 1 aliphatic heterocycles. The van der Waals surface area contributed by atoms with Crippen LogP contribution in [0.4, 0.5) is 0 Å². The Morgan fingerprint density at radius 1 is 1.44 bits per heavy atom. The van der Waals surface area contributed by atoms with E-state index < -0.39 is 0 Å². The number of fused-ring (bicyclic) bond motifs is 1. The Morgan fingerprint density at radius 2 is 2.33 bits per heavy atom. The standard InChI is InChI=1S/C14H16N2OS/c1-9-5-4-7-11-12(9)16-14(18-11)13(17)10-6-2-3-8-15-10/h4-5,7,10,15H,2-3,6,8H2,1H3. The summed E-state index contributed by atoms with van der Waals surface area (Å²) in [5, 5.41) is 3.95. The Hall–Kier alpha value is -1.26. The molecule has 2 heterocycles. The van der Waals surface area contributed by atoms with Crippen molar-refractivity contribution < 1.29 is 4.79 Å². The maximum atomic E-state index is 12.4. The summed E-state index contributed by atoms with van der Waals surface area (Å²) < 4.78 is 1.11. The number of ketones is 1. The van der Waals surface area contributed by atoms with Crippen LogP contribution in [0.15, 0.2) is 18.2 Å². The summed E-state index contributed by atoms with van der Waals surface area (Å²) in [7, 11) is 0. The molecule has 1 aromatic heterocycles. The molecular formula is C14H16N2OS. The molecule has 0 bridgehead atoms. The average molecular weight is 260 g/mol. The first-order valence-corrected chi connectivity index (χ1v) is 7.21. The van der Waals surface area contributed by atoms with Gasteiger partial charge in [0.25, 0.3) is 0 Å². The number of para-hydroxylation sites is 1. The molecule has 0 saturated carbocycles. The van der Waals surface area contributed by atoms with Gasteiger partial charge in [0.1, 0.15) is 0 Å². The maximum absolute atomic E-state index is 12.4. The number of piperidine rings is 1. The fraction of sp³-hybridized carbons (Fsp3) is 0.429. The van der Waals surface area contributed by atoms with Crippen LogP contribution >= 0.6 is 11.3 Å². The Kier molecular flexibility index (Phi) is 3.14. The molecule has 1 aliphatic rings. The van der Waals surface area contributed by atoms with E-state index in [2.05, 4.69) is 10.3 Å². The lowest BCUT2D eigenvalue weighted by Gasteiger charge is -2.20. The molecule has 0 aliphatic carbocycles. The van der Waals surface area contributed by atoms with E-state index in [0.29, 0.717) is 5.01 Å². The molecule has 1 fully saturated rings. The third-order valence-electron chi connectivity index (χ3n) is 3.46. The van der Waals surface area contributed by atoms with Crippen molar-refractivity contribution in [3.63, 3.8) is 0 Å². The molecule has 1 saturated heterocycles. The number of hydrogen-bond donors (Lipinski definition) is 1. The zero-order valence-corrected chi connectivity index (χ0v) is 11.2. The van der Waals surface area contributed by atoms with Gasteiger partial charge in [0.2, 0.25) is 5.78 Å². The zero-order chi connectivity index (χ0) is 12.5. The highest BCUT2D eigenvalue weighted by Crippen LogP contribution is 2.26. The maximum Gasteiger partial charge on any atom is 0.208 e. The molecule has 0 amide bonds. The van der Waals surface area contributed by atoms with Gasteiger partial charge in [-0.15, -0.1) is 11.3 Å². The van der Waals surface area contributed by atoms with Crippen LogP contribution in [0.3, 0.4) is 0 Å². The van der Waals surface area contributed by atoms with Gasteiger partial charge in [0.15, 0.2) is 5.01 Å². The van der Waals surface area contributed by atoms with E-state index in [1.54, 1.807) is 0 Å². The van der Waals surface area contributed by atoms with Gasteiger partial charge in [-0.2, -0.15) is 0 Å². The van der Waals surface area contributed by atoms with Crippen molar-refractivity contribution in [2.24, 2.45) is 0 Å². The van der Waals surface area contributed by atoms with Gasteiger partial charge in [0.05, 0.1) is 16.3 Å². The summed E-state index contributed by atoms with van der Waals surface area (Å²) in [5.41, 5.74) is 2.11. The molecule has 1 N–H and O–H groups in total. The summed E-state index contributed by atoms with van der Waals surface area (Å²) in [5.74, 6) is 0.162. The number of rotatable bonds is 2. The van der Waals surface area contributed by atoms with Gasteiger partial charge in [-0.3, -0.25) is 4.79 Å². The molecular weight excluding hydrogens is 244 g/mol. The average Bonchev–Trinajstić information content (AvgIpc) is 2.84. The van der Waals surface area contributed by atoms with Crippen LogP contribution in [0.5, 0.6) is 0 Å². The quantitative estimate of drug-likeness (QED) is 0.844. The molecule has 0 spiro atoms. The number of nitrogens with zero attached hydrogens (tertiary/aromatic N) is 1. The van der Waals surface area contributed by atoms with E-state index in [9.17, 15) is 4.79 Å². The van der Waals surface area contributed by atoms with Crippen molar-refractivity contribution >= 4 is 27.3 Å². The van der Waals surface area contributed by atoms with Gasteiger partial charge in [0, 0.05) is 0 Å². The number of Topliss-reactive ketones (excluding diaryl/α,β-unsaturated/α-hetero) is 1. The lowest BCUT2D eigenvalue weighted by Crippen LogP contribution is -2.40. The highest BCUT2D eigenvalue weighted by Gasteiger charge is 2.24. The number of hydrogen-bond acceptors (Lipinski definition) is 4. The van der Waals surface area contributed by atoms with Crippen molar-refractivity contribution in [3.05, 3.63) is 28.8 Å². The molecule has 2 aromatic rings. The highest BCUT2D eigenvalue weighted by molar-refractivity contribution is 7.20. The van der Waals surface area contributed by atoms with Crippen LogP contribution in [0, 0.1) is 6.92 Å². The van der Waals surface area contributed by atoms with Crippen LogP contribution in [0.25, 0.3) is 10.2 Å². The van der Waals surface area contributed by atoms with Crippen LogP contribution in [0.2, 0.25) is 0 Å². The zero-order valence-electron chi connectivity index (χ0n) is 10.4. The minimum absolute atomic E-state index is 0.0281. The highest BCUT2D eigenvalue weighted by atomic mass is 32.1. The number of aryl methyl sites for hydroxylation is 1. The van der Waals surface area contributed by atoms with Gasteiger partial charge < -0.3 is 5.32 Å². The monoisotopic (exact) mass is 260 g/mol.